The largest absolute Gasteiger partial charge is 0.482 e. The third-order valence-corrected chi connectivity index (χ3v) is 7.81. The number of cyclic esters (lactones) is 1. The summed E-state index contributed by atoms with van der Waals surface area (Å²) in [6.45, 7) is 5.02. The number of hydrogen-bond acceptors (Lipinski definition) is 10. The molecule has 44 heavy (non-hydrogen) atoms. The monoisotopic (exact) mass is 605 g/mol. The van der Waals surface area contributed by atoms with Gasteiger partial charge >= 0.3 is 18.0 Å². The van der Waals surface area contributed by atoms with Crippen molar-refractivity contribution in [2.75, 3.05) is 52.5 Å². The molecule has 3 aliphatic heterocycles. The van der Waals surface area contributed by atoms with Crippen molar-refractivity contribution in [2.24, 2.45) is 0 Å². The lowest BCUT2D eigenvalue weighted by atomic mass is 9.96. The summed E-state index contributed by atoms with van der Waals surface area (Å²) in [4.78, 5) is 68.2. The van der Waals surface area contributed by atoms with E-state index in [9.17, 15) is 24.0 Å². The Morgan fingerprint density at radius 3 is 2.34 bits per heavy atom. The fourth-order valence-electron chi connectivity index (χ4n) is 5.61. The van der Waals surface area contributed by atoms with Crippen molar-refractivity contribution in [3.05, 3.63) is 70.9 Å². The number of carbonyl (C=O) groups is 5. The third-order valence-electron chi connectivity index (χ3n) is 7.81. The zero-order chi connectivity index (χ0) is 31.2. The van der Waals surface area contributed by atoms with Crippen molar-refractivity contribution in [1.82, 2.24) is 14.7 Å². The molecule has 2 saturated heterocycles. The number of benzene rings is 2. The fraction of sp³-hybridized carbons (Fsp3) is 0.406. The smallest absolute Gasteiger partial charge is 0.414 e. The second-order valence-electron chi connectivity index (χ2n) is 10.5. The highest BCUT2D eigenvalue weighted by Gasteiger charge is 2.39. The lowest BCUT2D eigenvalue weighted by Gasteiger charge is -2.43. The minimum absolute atomic E-state index is 0.0565. The highest BCUT2D eigenvalue weighted by atomic mass is 16.6. The number of piperazine rings is 1. The van der Waals surface area contributed by atoms with Gasteiger partial charge in [0.05, 0.1) is 37.6 Å². The molecule has 12 heteroatoms. The molecule has 2 amide bonds. The number of piperidine rings is 1. The number of nitrogens with zero attached hydrogens (tertiary/aromatic N) is 3. The van der Waals surface area contributed by atoms with Crippen molar-refractivity contribution in [3.8, 4) is 5.75 Å². The van der Waals surface area contributed by atoms with Crippen LogP contribution in [0.25, 0.3) is 5.76 Å². The molecule has 5 rings (SSSR count). The average molecular weight is 606 g/mol. The highest BCUT2D eigenvalue weighted by Crippen LogP contribution is 2.38. The standard InChI is InChI=1S/C32H35N3O9/c1-3-41-29(38)20-43-23-11-9-21(10-12-23)27(36)18-34-16-15-33(19-28(34)37)22-13-14-35(32(40)42-4-2)26(17-22)30-24-7-5-6-8-25(24)31(39)44-30/h5-12,22H,3-4,13-20H2,1-2H3. The van der Waals surface area contributed by atoms with Gasteiger partial charge in [0.1, 0.15) is 5.75 Å². The lowest BCUT2D eigenvalue weighted by molar-refractivity contribution is -0.145. The van der Waals surface area contributed by atoms with Crippen molar-refractivity contribution < 1.29 is 42.9 Å². The van der Waals surface area contributed by atoms with Crippen molar-refractivity contribution in [1.29, 1.82) is 0 Å². The molecule has 0 spiro atoms. The molecule has 3 heterocycles. The van der Waals surface area contributed by atoms with Gasteiger partial charge in [-0.2, -0.15) is 0 Å². The van der Waals surface area contributed by atoms with Gasteiger partial charge in [0.25, 0.3) is 0 Å². The van der Waals surface area contributed by atoms with E-state index in [1.807, 2.05) is 6.07 Å². The van der Waals surface area contributed by atoms with Gasteiger partial charge in [-0.15, -0.1) is 0 Å². The molecule has 2 aromatic rings. The predicted molar refractivity (Wildman–Crippen MR) is 157 cm³/mol. The molecule has 0 radical (unpaired) electrons. The molecule has 3 aliphatic rings. The van der Waals surface area contributed by atoms with E-state index in [-0.39, 0.29) is 50.6 Å². The van der Waals surface area contributed by atoms with Crippen LogP contribution in [0.15, 0.2) is 54.2 Å². The van der Waals surface area contributed by atoms with Gasteiger partial charge in [0, 0.05) is 43.2 Å². The van der Waals surface area contributed by atoms with Gasteiger partial charge in [0.15, 0.2) is 18.1 Å². The zero-order valence-electron chi connectivity index (χ0n) is 24.8. The van der Waals surface area contributed by atoms with E-state index in [4.69, 9.17) is 18.9 Å². The van der Waals surface area contributed by atoms with Gasteiger partial charge in [0.2, 0.25) is 5.91 Å². The van der Waals surface area contributed by atoms with Crippen LogP contribution in [0.3, 0.4) is 0 Å². The summed E-state index contributed by atoms with van der Waals surface area (Å²) in [6, 6.07) is 13.4. The molecule has 2 aromatic carbocycles. The van der Waals surface area contributed by atoms with Gasteiger partial charge in [-0.1, -0.05) is 18.2 Å². The van der Waals surface area contributed by atoms with Crippen LogP contribution < -0.4 is 4.74 Å². The van der Waals surface area contributed by atoms with E-state index in [1.54, 1.807) is 61.2 Å². The minimum Gasteiger partial charge on any atom is -0.482 e. The van der Waals surface area contributed by atoms with E-state index >= 15 is 0 Å². The first-order valence-corrected chi connectivity index (χ1v) is 14.7. The highest BCUT2D eigenvalue weighted by molar-refractivity contribution is 6.03. The average Bonchev–Trinajstić information content (AvgIpc) is 3.37. The Bertz CT molecular complexity index is 1470. The fourth-order valence-corrected chi connectivity index (χ4v) is 5.61. The van der Waals surface area contributed by atoms with Gasteiger partial charge in [-0.25, -0.2) is 14.4 Å². The molecule has 0 aromatic heterocycles. The van der Waals surface area contributed by atoms with Gasteiger partial charge < -0.3 is 23.8 Å². The normalized spacial score (nSPS) is 20.2. The minimum atomic E-state index is -0.508. The Morgan fingerprint density at radius 1 is 0.909 bits per heavy atom. The SMILES string of the molecule is CCOC(=O)COc1ccc(C(=O)CN2CCN(C3CCN(C(=O)OCC)C(=C4OC(=O)c5ccccc54)C3)CC2=O)cc1. The molecule has 1 atom stereocenters. The van der Waals surface area contributed by atoms with Crippen LogP contribution in [0.1, 0.15) is 53.0 Å². The van der Waals surface area contributed by atoms with Crippen LogP contribution in [0, 0.1) is 0 Å². The third kappa shape index (κ3) is 6.75. The summed E-state index contributed by atoms with van der Waals surface area (Å²) >= 11 is 0. The number of ether oxygens (including phenoxy) is 4. The first kappa shape index (κ1) is 30.7. The van der Waals surface area contributed by atoms with Crippen LogP contribution >= 0.6 is 0 Å². The second-order valence-corrected chi connectivity index (χ2v) is 10.5. The molecule has 0 aliphatic carbocycles. The lowest BCUT2D eigenvalue weighted by Crippen LogP contribution is -2.56. The van der Waals surface area contributed by atoms with E-state index in [0.717, 1.165) is 0 Å². The number of hydrogen-bond donors (Lipinski definition) is 0. The molecule has 0 N–H and O–H groups in total. The van der Waals surface area contributed by atoms with Crippen molar-refractivity contribution >= 4 is 35.5 Å². The molecule has 1 unspecified atom stereocenters. The first-order chi connectivity index (χ1) is 21.3. The van der Waals surface area contributed by atoms with Gasteiger partial charge in [-0.05, 0) is 50.6 Å². The Hall–Kier alpha value is -4.71. The van der Waals surface area contributed by atoms with Crippen LogP contribution in [-0.4, -0.2) is 103 Å². The number of ketones is 1. The Morgan fingerprint density at radius 2 is 1.64 bits per heavy atom. The molecule has 0 saturated carbocycles. The number of carbonyl (C=O) groups excluding carboxylic acids is 5. The maximum absolute atomic E-state index is 13.2. The van der Waals surface area contributed by atoms with Crippen molar-refractivity contribution in [3.63, 3.8) is 0 Å². The van der Waals surface area contributed by atoms with Gasteiger partial charge in [-0.3, -0.25) is 19.4 Å². The van der Waals surface area contributed by atoms with Crippen LogP contribution in [0.4, 0.5) is 4.79 Å². The number of Topliss-reactive ketones (excluding diaryl/α,β-unsaturated/α-hetero) is 1. The summed E-state index contributed by atoms with van der Waals surface area (Å²) < 4.78 is 21.2. The zero-order valence-corrected chi connectivity index (χ0v) is 24.8. The molecule has 232 valence electrons. The number of fused-ring (bicyclic) bond motifs is 1. The summed E-state index contributed by atoms with van der Waals surface area (Å²) in [5.41, 5.74) is 2.05. The van der Waals surface area contributed by atoms with E-state index in [2.05, 4.69) is 4.90 Å². The number of esters is 2. The molecular formula is C32H35N3O9. The summed E-state index contributed by atoms with van der Waals surface area (Å²) in [5.74, 6) is -0.551. The molecule has 0 bridgehead atoms. The summed E-state index contributed by atoms with van der Waals surface area (Å²) in [5, 5.41) is 0. The second kappa shape index (κ2) is 13.7. The first-order valence-electron chi connectivity index (χ1n) is 14.7. The van der Waals surface area contributed by atoms with E-state index in [1.165, 1.54) is 4.90 Å². The molecule has 2 fully saturated rings. The van der Waals surface area contributed by atoms with E-state index < -0.39 is 18.0 Å². The number of likely N-dealkylation sites (tertiary alicyclic amines) is 1. The summed E-state index contributed by atoms with van der Waals surface area (Å²) in [7, 11) is 0. The van der Waals surface area contributed by atoms with Crippen LogP contribution in [0.5, 0.6) is 5.75 Å². The maximum Gasteiger partial charge on any atom is 0.414 e. The number of amides is 2. The van der Waals surface area contributed by atoms with Crippen LogP contribution in [-0.2, 0) is 23.8 Å². The van der Waals surface area contributed by atoms with Crippen molar-refractivity contribution in [2.45, 2.75) is 32.7 Å². The Kier molecular flexibility index (Phi) is 9.59. The molecular weight excluding hydrogens is 570 g/mol. The Labute approximate surface area is 255 Å². The number of rotatable bonds is 9. The topological polar surface area (TPSA) is 132 Å². The van der Waals surface area contributed by atoms with E-state index in [0.29, 0.717) is 66.4 Å². The maximum atomic E-state index is 13.2. The quantitative estimate of drug-likeness (QED) is 0.239. The van der Waals surface area contributed by atoms with Crippen LogP contribution in [0.2, 0.25) is 0 Å². The predicted octanol–water partition coefficient (Wildman–Crippen LogP) is 3.12. The molecule has 12 nitrogen and oxygen atoms in total. The summed E-state index contributed by atoms with van der Waals surface area (Å²) in [6.07, 6.45) is 0.473. The Balaban J connectivity index is 1.22.